The zero-order chi connectivity index (χ0) is 31.7. The van der Waals surface area contributed by atoms with Crippen molar-refractivity contribution >= 4 is 47.8 Å². The third-order valence-electron chi connectivity index (χ3n) is 7.77. The zero-order valence-electron chi connectivity index (χ0n) is 25.7. The summed E-state index contributed by atoms with van der Waals surface area (Å²) in [7, 11) is -1.18. The van der Waals surface area contributed by atoms with Gasteiger partial charge in [0.05, 0.1) is 60.4 Å². The molecule has 14 heteroatoms. The summed E-state index contributed by atoms with van der Waals surface area (Å²) >= 11 is 6.85. The molecule has 1 aliphatic rings. The fraction of sp³-hybridized carbons (Fsp3) is 0.387. The molecule has 45 heavy (non-hydrogen) atoms. The number of carboxylic acid groups (broad SMARTS) is 1. The number of halogens is 1. The van der Waals surface area contributed by atoms with E-state index in [9.17, 15) is 9.90 Å². The summed E-state index contributed by atoms with van der Waals surface area (Å²) in [6.07, 6.45) is 4.19. The van der Waals surface area contributed by atoms with Crippen molar-refractivity contribution in [3.63, 3.8) is 0 Å². The first-order chi connectivity index (χ1) is 21.6. The lowest BCUT2D eigenvalue weighted by Gasteiger charge is -2.33. The fourth-order valence-electron chi connectivity index (χ4n) is 5.22. The second-order valence-electron chi connectivity index (χ2n) is 12.3. The van der Waals surface area contributed by atoms with Crippen molar-refractivity contribution in [1.82, 2.24) is 34.2 Å². The number of nitrogens with zero attached hydrogens (tertiary/aromatic N) is 7. The molecule has 0 spiro atoms. The highest BCUT2D eigenvalue weighted by Gasteiger charge is 2.27. The zero-order valence-corrected chi connectivity index (χ0v) is 27.5. The van der Waals surface area contributed by atoms with E-state index in [0.717, 1.165) is 35.1 Å². The summed E-state index contributed by atoms with van der Waals surface area (Å²) in [5, 5.41) is 14.3. The molecule has 2 aromatic carbocycles. The van der Waals surface area contributed by atoms with Crippen molar-refractivity contribution in [2.24, 2.45) is 0 Å². The van der Waals surface area contributed by atoms with Crippen LogP contribution in [0.3, 0.4) is 0 Å². The number of benzene rings is 2. The van der Waals surface area contributed by atoms with Gasteiger partial charge in [-0.15, -0.1) is 0 Å². The van der Waals surface area contributed by atoms with Gasteiger partial charge in [-0.25, -0.2) is 14.8 Å². The molecule has 1 atom stereocenters. The molecule has 0 bridgehead atoms. The van der Waals surface area contributed by atoms with Gasteiger partial charge in [-0.2, -0.15) is 5.10 Å². The van der Waals surface area contributed by atoms with Gasteiger partial charge in [-0.05, 0) is 37.2 Å². The van der Waals surface area contributed by atoms with E-state index < -0.39 is 14.2 Å². The van der Waals surface area contributed by atoms with E-state index in [1.54, 1.807) is 23.1 Å². The van der Waals surface area contributed by atoms with Crippen molar-refractivity contribution < 1.29 is 24.1 Å². The molecule has 0 radical (unpaired) electrons. The number of hydrogen-bond donors (Lipinski definition) is 1. The summed E-state index contributed by atoms with van der Waals surface area (Å²) in [4.78, 5) is 27.0. The number of ether oxygens (including phenoxy) is 3. The van der Waals surface area contributed by atoms with Gasteiger partial charge in [0.2, 0.25) is 0 Å². The Balaban J connectivity index is 1.21. The number of amides is 1. The van der Waals surface area contributed by atoms with Crippen LogP contribution in [0.25, 0.3) is 33.3 Å². The van der Waals surface area contributed by atoms with Gasteiger partial charge in [-0.3, -0.25) is 14.6 Å². The molecule has 5 aromatic rings. The van der Waals surface area contributed by atoms with Crippen molar-refractivity contribution in [3.8, 4) is 22.8 Å². The predicted octanol–water partition coefficient (Wildman–Crippen LogP) is 6.29. The molecular formula is C31H36ClN7O5Si. The first-order valence-electron chi connectivity index (χ1n) is 14.8. The average Bonchev–Trinajstić information content (AvgIpc) is 3.59. The van der Waals surface area contributed by atoms with Crippen LogP contribution in [-0.2, 0) is 22.7 Å². The molecule has 236 valence electrons. The van der Waals surface area contributed by atoms with Crippen LogP contribution >= 0.6 is 11.6 Å². The molecule has 1 N–H and O–H groups in total. The lowest BCUT2D eigenvalue weighted by atomic mass is 10.2. The smallest absolute Gasteiger partial charge is 0.407 e. The number of aromatic nitrogens is 6. The average molecular weight is 650 g/mol. The number of fused-ring (bicyclic) bond motifs is 2. The van der Waals surface area contributed by atoms with Crippen LogP contribution in [0.15, 0.2) is 48.9 Å². The molecule has 0 aliphatic carbocycles. The van der Waals surface area contributed by atoms with E-state index >= 15 is 0 Å². The Morgan fingerprint density at radius 3 is 2.78 bits per heavy atom. The molecule has 4 heterocycles. The topological polar surface area (TPSA) is 130 Å². The van der Waals surface area contributed by atoms with Crippen molar-refractivity contribution in [3.05, 3.63) is 59.8 Å². The maximum absolute atomic E-state index is 11.6. The lowest BCUT2D eigenvalue weighted by Crippen LogP contribution is -2.50. The summed E-state index contributed by atoms with van der Waals surface area (Å²) in [6.45, 7) is 11.5. The molecular weight excluding hydrogens is 614 g/mol. The predicted molar refractivity (Wildman–Crippen MR) is 174 cm³/mol. The fourth-order valence-corrected chi connectivity index (χ4v) is 6.22. The molecule has 6 rings (SSSR count). The Hall–Kier alpha value is -4.04. The Bertz CT molecular complexity index is 1850. The highest BCUT2D eigenvalue weighted by molar-refractivity contribution is 6.76. The molecule has 1 saturated heterocycles. The SMILES string of the molecule is Cc1nc2ccc(Oc3ccc4ncc(-c5cnn(CC6COCCN6C(=O)O)c5)nc4c3Cl)cc2n1COCC[Si](C)(C)C. The third kappa shape index (κ3) is 6.96. The summed E-state index contributed by atoms with van der Waals surface area (Å²) in [6, 6.07) is 10.1. The Kier molecular flexibility index (Phi) is 8.77. The maximum Gasteiger partial charge on any atom is 0.407 e. The standard InChI is InChI=1S/C31H36ClN7O5Si/c1-20-35-24-6-5-23(13-27(24)39(20)19-43-11-12-45(2,3)4)44-28-8-7-25-30(29(28)32)36-26(15-33-25)21-14-34-37(16-21)17-22-18-42-10-9-38(22)31(40)41/h5-8,13-16,22H,9-12,17-19H2,1-4H3,(H,40,41). The van der Waals surface area contributed by atoms with Crippen LogP contribution in [0.2, 0.25) is 30.7 Å². The minimum absolute atomic E-state index is 0.317. The highest BCUT2D eigenvalue weighted by atomic mass is 35.5. The highest BCUT2D eigenvalue weighted by Crippen LogP contribution is 2.36. The van der Waals surface area contributed by atoms with E-state index in [1.165, 1.54) is 4.90 Å². The number of hydrogen-bond acceptors (Lipinski definition) is 8. The van der Waals surface area contributed by atoms with Crippen LogP contribution in [-0.4, -0.2) is 85.9 Å². The normalized spacial score (nSPS) is 15.7. The minimum Gasteiger partial charge on any atom is -0.465 e. The van der Waals surface area contributed by atoms with Gasteiger partial charge in [0, 0.05) is 39.1 Å². The largest absolute Gasteiger partial charge is 0.465 e. The van der Waals surface area contributed by atoms with E-state index in [2.05, 4.69) is 34.7 Å². The molecule has 1 amide bonds. The molecule has 1 unspecified atom stereocenters. The first-order valence-corrected chi connectivity index (χ1v) is 18.9. The summed E-state index contributed by atoms with van der Waals surface area (Å²) in [5.41, 5.74) is 4.21. The quantitative estimate of drug-likeness (QED) is 0.137. The monoisotopic (exact) mass is 649 g/mol. The Morgan fingerprint density at radius 2 is 1.98 bits per heavy atom. The van der Waals surface area contributed by atoms with Crippen LogP contribution in [0.4, 0.5) is 4.79 Å². The second-order valence-corrected chi connectivity index (χ2v) is 18.3. The molecule has 12 nitrogen and oxygen atoms in total. The molecule has 1 aliphatic heterocycles. The van der Waals surface area contributed by atoms with Crippen LogP contribution in [0.1, 0.15) is 5.82 Å². The first kappa shape index (κ1) is 31.0. The molecule has 3 aromatic heterocycles. The number of aryl methyl sites for hydroxylation is 1. The number of imidazole rings is 1. The second kappa shape index (κ2) is 12.8. The summed E-state index contributed by atoms with van der Waals surface area (Å²) < 4.78 is 21.5. The summed E-state index contributed by atoms with van der Waals surface area (Å²) in [5.74, 6) is 1.93. The van der Waals surface area contributed by atoms with E-state index in [1.807, 2.05) is 42.0 Å². The maximum atomic E-state index is 11.6. The van der Waals surface area contributed by atoms with Gasteiger partial charge in [0.1, 0.15) is 34.6 Å². The van der Waals surface area contributed by atoms with E-state index in [-0.39, 0.29) is 6.04 Å². The third-order valence-corrected chi connectivity index (χ3v) is 9.84. The number of rotatable bonds is 10. The van der Waals surface area contributed by atoms with Crippen molar-refractivity contribution in [2.75, 3.05) is 26.4 Å². The van der Waals surface area contributed by atoms with Gasteiger partial charge in [0.25, 0.3) is 0 Å². The van der Waals surface area contributed by atoms with Crippen LogP contribution in [0, 0.1) is 6.92 Å². The van der Waals surface area contributed by atoms with E-state index in [4.69, 9.17) is 30.8 Å². The van der Waals surface area contributed by atoms with Gasteiger partial charge >= 0.3 is 6.09 Å². The van der Waals surface area contributed by atoms with Gasteiger partial charge in [0.15, 0.2) is 0 Å². The van der Waals surface area contributed by atoms with Crippen LogP contribution in [0.5, 0.6) is 11.5 Å². The minimum atomic E-state index is -1.18. The molecule has 0 saturated carbocycles. The number of carbonyl (C=O) groups is 1. The van der Waals surface area contributed by atoms with E-state index in [0.29, 0.717) is 66.3 Å². The van der Waals surface area contributed by atoms with Gasteiger partial charge in [-0.1, -0.05) is 31.2 Å². The van der Waals surface area contributed by atoms with Crippen molar-refractivity contribution in [1.29, 1.82) is 0 Å². The lowest BCUT2D eigenvalue weighted by molar-refractivity contribution is -0.00648. The Labute approximate surface area is 266 Å². The van der Waals surface area contributed by atoms with Crippen molar-refractivity contribution in [2.45, 2.75) is 51.9 Å². The Morgan fingerprint density at radius 1 is 1.16 bits per heavy atom. The molecule has 1 fully saturated rings. The number of morpholine rings is 1. The van der Waals surface area contributed by atoms with Gasteiger partial charge < -0.3 is 23.9 Å². The van der Waals surface area contributed by atoms with Crippen LogP contribution < -0.4 is 4.74 Å².